The Bertz CT molecular complexity index is 1360. The predicted octanol–water partition coefficient (Wildman–Crippen LogP) is 4.54. The van der Waals surface area contributed by atoms with Gasteiger partial charge in [0.1, 0.15) is 0 Å². The second kappa shape index (κ2) is 7.30. The minimum absolute atomic E-state index is 0.270. The smallest absolute Gasteiger partial charge is 0.253 e. The molecule has 0 unspecified atom stereocenters. The topological polar surface area (TPSA) is 75.5 Å². The number of rotatable bonds is 4. The van der Waals surface area contributed by atoms with Gasteiger partial charge in [-0.25, -0.2) is 0 Å². The van der Waals surface area contributed by atoms with Crippen LogP contribution in [0.25, 0.3) is 11.0 Å². The van der Waals surface area contributed by atoms with Gasteiger partial charge >= 0.3 is 0 Å². The standard InChI is InChI=1S/C22H18N4O2S2/c1-15-5-2-3-7-22(15)30(27,28)26-20(14-19(25-26)21-6-4-12-29-21)16-8-9-17-18(13-16)24-11-10-23-17/h2-13,20H,14H2,1H3/t20-/m0/s1. The zero-order chi connectivity index (χ0) is 20.7. The lowest BCUT2D eigenvalue weighted by Gasteiger charge is -2.24. The molecular weight excluding hydrogens is 416 g/mol. The average molecular weight is 435 g/mol. The Balaban J connectivity index is 1.64. The summed E-state index contributed by atoms with van der Waals surface area (Å²) in [6, 6.07) is 16.2. The molecule has 0 amide bonds. The zero-order valence-corrected chi connectivity index (χ0v) is 17.8. The summed E-state index contributed by atoms with van der Waals surface area (Å²) >= 11 is 1.56. The summed E-state index contributed by atoms with van der Waals surface area (Å²) in [5.41, 5.74) is 3.81. The number of aryl methyl sites for hydroxylation is 1. The fourth-order valence-corrected chi connectivity index (χ4v) is 6.07. The molecular formula is C22H18N4O2S2. The van der Waals surface area contributed by atoms with E-state index in [1.54, 1.807) is 48.9 Å². The van der Waals surface area contributed by atoms with Crippen molar-refractivity contribution in [1.82, 2.24) is 14.4 Å². The van der Waals surface area contributed by atoms with Gasteiger partial charge in [0, 0.05) is 18.8 Å². The summed E-state index contributed by atoms with van der Waals surface area (Å²) in [6.45, 7) is 1.80. The van der Waals surface area contributed by atoms with Crippen LogP contribution in [0.1, 0.15) is 28.5 Å². The highest BCUT2D eigenvalue weighted by Gasteiger charge is 2.38. The Labute approximate surface area is 178 Å². The van der Waals surface area contributed by atoms with Gasteiger partial charge in [-0.3, -0.25) is 9.97 Å². The van der Waals surface area contributed by atoms with Crippen LogP contribution in [0.3, 0.4) is 0 Å². The van der Waals surface area contributed by atoms with E-state index in [4.69, 9.17) is 0 Å². The van der Waals surface area contributed by atoms with Gasteiger partial charge in [0.05, 0.1) is 32.6 Å². The van der Waals surface area contributed by atoms with E-state index in [2.05, 4.69) is 15.1 Å². The first-order chi connectivity index (χ1) is 14.5. The molecule has 0 aliphatic carbocycles. The Morgan fingerprint density at radius 2 is 1.80 bits per heavy atom. The largest absolute Gasteiger partial charge is 0.279 e. The molecule has 5 rings (SSSR count). The summed E-state index contributed by atoms with van der Waals surface area (Å²) in [5.74, 6) is 0. The monoisotopic (exact) mass is 434 g/mol. The van der Waals surface area contributed by atoms with E-state index in [9.17, 15) is 8.42 Å². The van der Waals surface area contributed by atoms with Crippen molar-refractivity contribution < 1.29 is 8.42 Å². The molecule has 6 nitrogen and oxygen atoms in total. The SMILES string of the molecule is Cc1ccccc1S(=O)(=O)N1N=C(c2cccs2)C[C@H]1c1ccc2nccnc2c1. The Kier molecular flexibility index (Phi) is 4.60. The van der Waals surface area contributed by atoms with Gasteiger partial charge < -0.3 is 0 Å². The van der Waals surface area contributed by atoms with Crippen molar-refractivity contribution in [3.8, 4) is 0 Å². The number of sulfonamides is 1. The summed E-state index contributed by atoms with van der Waals surface area (Å²) in [4.78, 5) is 9.93. The van der Waals surface area contributed by atoms with Crippen LogP contribution in [-0.2, 0) is 10.0 Å². The van der Waals surface area contributed by atoms with Gasteiger partial charge in [-0.2, -0.15) is 17.9 Å². The molecule has 150 valence electrons. The molecule has 0 fully saturated rings. The summed E-state index contributed by atoms with van der Waals surface area (Å²) in [6.07, 6.45) is 3.78. The Morgan fingerprint density at radius 3 is 2.57 bits per heavy atom. The highest BCUT2D eigenvalue weighted by molar-refractivity contribution is 7.89. The van der Waals surface area contributed by atoms with Gasteiger partial charge in [-0.15, -0.1) is 11.3 Å². The van der Waals surface area contributed by atoms with E-state index >= 15 is 0 Å². The summed E-state index contributed by atoms with van der Waals surface area (Å²) < 4.78 is 28.5. The van der Waals surface area contributed by atoms with Crippen LogP contribution >= 0.6 is 11.3 Å². The molecule has 0 radical (unpaired) electrons. The number of hydrogen-bond acceptors (Lipinski definition) is 6. The van der Waals surface area contributed by atoms with Crippen molar-refractivity contribution >= 4 is 38.1 Å². The third-order valence-corrected chi connectivity index (χ3v) is 7.94. The molecule has 1 aliphatic rings. The van der Waals surface area contributed by atoms with E-state index < -0.39 is 16.1 Å². The lowest BCUT2D eigenvalue weighted by atomic mass is 10.0. The normalized spacial score (nSPS) is 16.8. The van der Waals surface area contributed by atoms with Crippen LogP contribution in [-0.4, -0.2) is 28.5 Å². The summed E-state index contributed by atoms with van der Waals surface area (Å²) in [5, 5.41) is 6.56. The predicted molar refractivity (Wildman–Crippen MR) is 118 cm³/mol. The molecule has 0 saturated heterocycles. The minimum atomic E-state index is -3.83. The lowest BCUT2D eigenvalue weighted by molar-refractivity contribution is 0.371. The fourth-order valence-electron chi connectivity index (χ4n) is 3.68. The van der Waals surface area contributed by atoms with E-state index in [1.165, 1.54) is 4.41 Å². The van der Waals surface area contributed by atoms with Crippen LogP contribution in [0.4, 0.5) is 0 Å². The number of hydrogen-bond donors (Lipinski definition) is 0. The molecule has 3 heterocycles. The highest BCUT2D eigenvalue weighted by Crippen LogP contribution is 2.38. The second-order valence-electron chi connectivity index (χ2n) is 7.09. The number of aromatic nitrogens is 2. The van der Waals surface area contributed by atoms with Crippen molar-refractivity contribution in [2.45, 2.75) is 24.3 Å². The maximum atomic E-state index is 13.6. The molecule has 0 spiro atoms. The van der Waals surface area contributed by atoms with Gasteiger partial charge in [0.15, 0.2) is 0 Å². The van der Waals surface area contributed by atoms with Crippen LogP contribution in [0.15, 0.2) is 82.4 Å². The Morgan fingerprint density at radius 1 is 1.00 bits per heavy atom. The third kappa shape index (κ3) is 3.18. The molecule has 1 aliphatic heterocycles. The summed E-state index contributed by atoms with van der Waals surface area (Å²) in [7, 11) is -3.83. The van der Waals surface area contributed by atoms with Crippen LogP contribution in [0, 0.1) is 6.92 Å². The van der Waals surface area contributed by atoms with E-state index in [0.29, 0.717) is 12.0 Å². The van der Waals surface area contributed by atoms with E-state index in [-0.39, 0.29) is 4.90 Å². The van der Waals surface area contributed by atoms with Crippen molar-refractivity contribution in [2.24, 2.45) is 5.10 Å². The third-order valence-electron chi connectivity index (χ3n) is 5.17. The maximum Gasteiger partial charge on any atom is 0.279 e. The molecule has 2 aromatic heterocycles. The molecule has 0 bridgehead atoms. The van der Waals surface area contributed by atoms with Crippen molar-refractivity contribution in [2.75, 3.05) is 0 Å². The second-order valence-corrected chi connectivity index (χ2v) is 9.80. The van der Waals surface area contributed by atoms with Crippen molar-refractivity contribution in [1.29, 1.82) is 0 Å². The molecule has 4 aromatic rings. The zero-order valence-electron chi connectivity index (χ0n) is 16.1. The number of hydrazone groups is 1. The molecule has 8 heteroatoms. The van der Waals surface area contributed by atoms with E-state index in [0.717, 1.165) is 27.2 Å². The minimum Gasteiger partial charge on any atom is -0.253 e. The maximum absolute atomic E-state index is 13.6. The molecule has 0 saturated carbocycles. The van der Waals surface area contributed by atoms with Crippen LogP contribution < -0.4 is 0 Å². The first kappa shape index (κ1) is 18.9. The lowest BCUT2D eigenvalue weighted by Crippen LogP contribution is -2.28. The molecule has 2 aromatic carbocycles. The van der Waals surface area contributed by atoms with Crippen molar-refractivity contribution in [3.05, 3.63) is 88.4 Å². The van der Waals surface area contributed by atoms with Gasteiger partial charge in [0.2, 0.25) is 0 Å². The number of fused-ring (bicyclic) bond motifs is 1. The van der Waals surface area contributed by atoms with Crippen molar-refractivity contribution in [3.63, 3.8) is 0 Å². The van der Waals surface area contributed by atoms with Gasteiger partial charge in [-0.1, -0.05) is 30.3 Å². The molecule has 1 atom stereocenters. The fraction of sp³-hybridized carbons (Fsp3) is 0.136. The number of benzene rings is 2. The van der Waals surface area contributed by atoms with Gasteiger partial charge in [0.25, 0.3) is 10.0 Å². The van der Waals surface area contributed by atoms with Crippen LogP contribution in [0.2, 0.25) is 0 Å². The molecule has 30 heavy (non-hydrogen) atoms. The number of thiophene rings is 1. The van der Waals surface area contributed by atoms with Gasteiger partial charge in [-0.05, 0) is 47.7 Å². The molecule has 0 N–H and O–H groups in total. The average Bonchev–Trinajstić information content (AvgIpc) is 3.44. The Hall–Kier alpha value is -3.10. The first-order valence-electron chi connectivity index (χ1n) is 9.46. The van der Waals surface area contributed by atoms with Crippen LogP contribution in [0.5, 0.6) is 0 Å². The first-order valence-corrected chi connectivity index (χ1v) is 11.8. The highest BCUT2D eigenvalue weighted by atomic mass is 32.2. The number of nitrogens with zero attached hydrogens (tertiary/aromatic N) is 4. The quantitative estimate of drug-likeness (QED) is 0.473. The van der Waals surface area contributed by atoms with E-state index in [1.807, 2.05) is 41.8 Å².